The van der Waals surface area contributed by atoms with Crippen molar-refractivity contribution in [3.63, 3.8) is 0 Å². The summed E-state index contributed by atoms with van der Waals surface area (Å²) in [5.41, 5.74) is 9.35. The number of hydrogen-bond acceptors (Lipinski definition) is 3. The Balaban J connectivity index is 2.50. The van der Waals surface area contributed by atoms with Gasteiger partial charge in [-0.15, -0.1) is 0 Å². The van der Waals surface area contributed by atoms with Crippen LogP contribution in [-0.2, 0) is 0 Å². The molecule has 0 heterocycles. The predicted octanol–water partition coefficient (Wildman–Crippen LogP) is 1.39. The molecule has 0 spiro atoms. The number of nitrogens with two attached hydrogens (primary N) is 1. The minimum absolute atomic E-state index is 0.00786. The van der Waals surface area contributed by atoms with Crippen LogP contribution >= 0.6 is 12.2 Å². The largest absolute Gasteiger partial charge is 0.375 e. The maximum Gasteiger partial charge on any atom is 0.184 e. The van der Waals surface area contributed by atoms with Crippen molar-refractivity contribution in [1.29, 1.82) is 0 Å². The normalized spacial score (nSPS) is 10.3. The predicted molar refractivity (Wildman–Crippen MR) is 68.5 cm³/mol. The lowest BCUT2D eigenvalue weighted by molar-refractivity contribution is 0.100. The molecule has 0 aliphatic heterocycles. The van der Waals surface area contributed by atoms with E-state index in [9.17, 15) is 4.79 Å². The average Bonchev–Trinajstić information content (AvgIpc) is 2.25. The summed E-state index contributed by atoms with van der Waals surface area (Å²) in [5, 5.41) is 3.77. The van der Waals surface area contributed by atoms with E-state index in [1.54, 1.807) is 12.1 Å². The van der Waals surface area contributed by atoms with Crippen LogP contribution in [0.5, 0.6) is 0 Å². The van der Waals surface area contributed by atoms with Crippen molar-refractivity contribution in [2.45, 2.75) is 13.3 Å². The number of hydrazone groups is 1. The van der Waals surface area contributed by atoms with Gasteiger partial charge < -0.3 is 5.73 Å². The monoisotopic (exact) mass is 235 g/mol. The van der Waals surface area contributed by atoms with E-state index in [1.807, 2.05) is 19.1 Å². The van der Waals surface area contributed by atoms with E-state index < -0.39 is 0 Å². The average molecular weight is 235 g/mol. The van der Waals surface area contributed by atoms with Crippen LogP contribution in [0.2, 0.25) is 0 Å². The van der Waals surface area contributed by atoms with Crippen LogP contribution < -0.4 is 11.2 Å². The highest BCUT2D eigenvalue weighted by atomic mass is 32.1. The number of thiocarbonyl (C=S) groups is 1. The second-order valence-corrected chi connectivity index (χ2v) is 3.72. The summed E-state index contributed by atoms with van der Waals surface area (Å²) in [6, 6.07) is 7.40. The van der Waals surface area contributed by atoms with Crippen molar-refractivity contribution < 1.29 is 4.79 Å². The Bertz CT molecular complexity index is 412. The van der Waals surface area contributed by atoms with E-state index in [0.29, 0.717) is 5.56 Å². The summed E-state index contributed by atoms with van der Waals surface area (Å²) in [6.07, 6.45) is 1.67. The summed E-state index contributed by atoms with van der Waals surface area (Å²) in [6.45, 7) is 1.97. The number of carbonyl (C=O) groups excluding carboxylic acids is 1. The quantitative estimate of drug-likeness (QED) is 0.358. The number of carbonyl (C=O) groups is 1. The van der Waals surface area contributed by atoms with Crippen LogP contribution in [0.15, 0.2) is 29.4 Å². The van der Waals surface area contributed by atoms with Crippen LogP contribution in [0.4, 0.5) is 0 Å². The molecule has 0 radical (unpaired) electrons. The Hall–Kier alpha value is -1.75. The number of benzene rings is 1. The van der Waals surface area contributed by atoms with E-state index in [-0.39, 0.29) is 17.3 Å². The Kier molecular flexibility index (Phi) is 4.60. The summed E-state index contributed by atoms with van der Waals surface area (Å²) < 4.78 is 0. The van der Waals surface area contributed by atoms with Crippen molar-refractivity contribution in [3.8, 4) is 0 Å². The molecule has 0 bridgehead atoms. The molecule has 16 heavy (non-hydrogen) atoms. The summed E-state index contributed by atoms with van der Waals surface area (Å²) in [5.74, 6) is 0.00786. The molecule has 1 rings (SSSR count). The van der Waals surface area contributed by atoms with Gasteiger partial charge in [-0.3, -0.25) is 10.2 Å². The van der Waals surface area contributed by atoms with Gasteiger partial charge in [-0.2, -0.15) is 5.10 Å². The highest BCUT2D eigenvalue weighted by Gasteiger charge is 2.02. The van der Waals surface area contributed by atoms with Crippen LogP contribution in [0.25, 0.3) is 0 Å². The number of aryl methyl sites for hydroxylation is 1. The van der Waals surface area contributed by atoms with Crippen LogP contribution in [-0.4, -0.2) is 17.1 Å². The lowest BCUT2D eigenvalue weighted by Gasteiger charge is -1.98. The third kappa shape index (κ3) is 4.18. The maximum absolute atomic E-state index is 11.6. The molecule has 0 saturated heterocycles. The molecule has 0 atom stereocenters. The zero-order valence-corrected chi connectivity index (χ0v) is 9.75. The lowest BCUT2D eigenvalue weighted by Crippen LogP contribution is -2.24. The minimum atomic E-state index is 0.00786. The first-order valence-electron chi connectivity index (χ1n) is 4.76. The van der Waals surface area contributed by atoms with Crippen molar-refractivity contribution >= 4 is 29.3 Å². The number of ketones is 1. The fraction of sp³-hybridized carbons (Fsp3) is 0.182. The number of Topliss-reactive ketones (excluding diaryl/α,β-unsaturated/α-hetero) is 1. The number of nitrogens with one attached hydrogen (secondary N) is 1. The van der Waals surface area contributed by atoms with E-state index in [1.165, 1.54) is 6.21 Å². The molecular formula is C11H13N3OS. The zero-order valence-electron chi connectivity index (χ0n) is 8.93. The first-order chi connectivity index (χ1) is 7.59. The summed E-state index contributed by atoms with van der Waals surface area (Å²) >= 11 is 4.55. The van der Waals surface area contributed by atoms with E-state index in [2.05, 4.69) is 22.7 Å². The number of nitrogens with zero attached hydrogens (tertiary/aromatic N) is 1. The Labute approximate surface area is 99.5 Å². The lowest BCUT2D eigenvalue weighted by atomic mass is 10.1. The molecule has 0 aliphatic rings. The van der Waals surface area contributed by atoms with Crippen molar-refractivity contribution in [2.75, 3.05) is 0 Å². The zero-order chi connectivity index (χ0) is 12.0. The second-order valence-electron chi connectivity index (χ2n) is 3.28. The number of hydrogen-bond donors (Lipinski definition) is 2. The number of rotatable bonds is 4. The Morgan fingerprint density at radius 2 is 2.12 bits per heavy atom. The molecule has 5 heteroatoms. The molecule has 0 saturated carbocycles. The van der Waals surface area contributed by atoms with Gasteiger partial charge >= 0.3 is 0 Å². The molecule has 0 unspecified atom stereocenters. The smallest absolute Gasteiger partial charge is 0.184 e. The van der Waals surface area contributed by atoms with Gasteiger partial charge in [0.05, 0.1) is 0 Å². The van der Waals surface area contributed by atoms with Crippen LogP contribution in [0.1, 0.15) is 22.3 Å². The maximum atomic E-state index is 11.6. The van der Waals surface area contributed by atoms with Gasteiger partial charge in [-0.05, 0) is 19.1 Å². The molecule has 4 nitrogen and oxygen atoms in total. The first-order valence-corrected chi connectivity index (χ1v) is 5.17. The van der Waals surface area contributed by atoms with E-state index >= 15 is 0 Å². The molecule has 1 aromatic carbocycles. The van der Waals surface area contributed by atoms with E-state index in [4.69, 9.17) is 5.73 Å². The fourth-order valence-corrected chi connectivity index (χ4v) is 1.15. The fourth-order valence-electron chi connectivity index (χ4n) is 1.10. The van der Waals surface area contributed by atoms with E-state index in [0.717, 1.165) is 5.56 Å². The second kappa shape index (κ2) is 5.97. The summed E-state index contributed by atoms with van der Waals surface area (Å²) in [4.78, 5) is 11.6. The first kappa shape index (κ1) is 12.3. The standard InChI is InChI=1S/C11H13N3OS/c1-8-2-4-9(5-3-8)10(15)6-7-13-14-11(12)16/h2-5,7H,6H2,1H3,(H3,12,14,16)/b13-7+. The minimum Gasteiger partial charge on any atom is -0.375 e. The molecule has 0 aromatic heterocycles. The van der Waals surface area contributed by atoms with Gasteiger partial charge in [0.15, 0.2) is 10.9 Å². The van der Waals surface area contributed by atoms with Crippen molar-refractivity contribution in [3.05, 3.63) is 35.4 Å². The molecule has 0 aliphatic carbocycles. The molecule has 0 fully saturated rings. The highest BCUT2D eigenvalue weighted by Crippen LogP contribution is 2.05. The third-order valence-corrected chi connectivity index (χ3v) is 2.01. The van der Waals surface area contributed by atoms with Gasteiger partial charge in [0.25, 0.3) is 0 Å². The SMILES string of the molecule is Cc1ccc(C(=O)C/C=N/NC(N)=S)cc1. The van der Waals surface area contributed by atoms with Gasteiger partial charge in [-0.25, -0.2) is 0 Å². The third-order valence-electron chi connectivity index (χ3n) is 1.92. The van der Waals surface area contributed by atoms with Gasteiger partial charge in [-0.1, -0.05) is 29.8 Å². The van der Waals surface area contributed by atoms with Crippen molar-refractivity contribution in [1.82, 2.24) is 5.43 Å². The Morgan fingerprint density at radius 1 is 1.50 bits per heavy atom. The molecular weight excluding hydrogens is 222 g/mol. The van der Waals surface area contributed by atoms with Crippen LogP contribution in [0, 0.1) is 6.92 Å². The molecule has 0 amide bonds. The van der Waals surface area contributed by atoms with Crippen molar-refractivity contribution in [2.24, 2.45) is 10.8 Å². The Morgan fingerprint density at radius 3 is 2.69 bits per heavy atom. The molecule has 84 valence electrons. The molecule has 3 N–H and O–H groups in total. The molecule has 1 aromatic rings. The topological polar surface area (TPSA) is 67.5 Å². The van der Waals surface area contributed by atoms with Gasteiger partial charge in [0.2, 0.25) is 0 Å². The van der Waals surface area contributed by atoms with Gasteiger partial charge in [0.1, 0.15) is 0 Å². The van der Waals surface area contributed by atoms with Gasteiger partial charge in [0, 0.05) is 18.2 Å². The highest BCUT2D eigenvalue weighted by molar-refractivity contribution is 7.80. The summed E-state index contributed by atoms with van der Waals surface area (Å²) in [7, 11) is 0. The van der Waals surface area contributed by atoms with Crippen LogP contribution in [0.3, 0.4) is 0 Å².